The minimum absolute atomic E-state index is 0.157. The van der Waals surface area contributed by atoms with Crippen molar-refractivity contribution in [1.29, 1.82) is 0 Å². The Morgan fingerprint density at radius 1 is 1.33 bits per heavy atom. The Labute approximate surface area is 103 Å². The smallest absolute Gasteiger partial charge is 0.327 e. The predicted octanol–water partition coefficient (Wildman–Crippen LogP) is 3.14. The largest absolute Gasteiger partial charge is 0.524 e. The molecule has 0 radical (unpaired) electrons. The fourth-order valence-electron chi connectivity index (χ4n) is 1.39. The van der Waals surface area contributed by atoms with Crippen molar-refractivity contribution in [3.8, 4) is 0 Å². The molecule has 0 saturated heterocycles. The van der Waals surface area contributed by atoms with Crippen LogP contribution in [0.2, 0.25) is 0 Å². The molecular weight excluding hydrogens is 247 g/mol. The highest BCUT2D eigenvalue weighted by atomic mass is 19.4. The van der Waals surface area contributed by atoms with Gasteiger partial charge in [-0.15, -0.1) is 13.2 Å². The maximum absolute atomic E-state index is 12.3. The molecule has 1 atom stereocenters. The van der Waals surface area contributed by atoms with Gasteiger partial charge in [0.2, 0.25) is 5.91 Å². The SMILES string of the molecule is CCCC(=O)NC(OC(F)(F)F)c1ccccc1. The molecule has 1 amide bonds. The van der Waals surface area contributed by atoms with Gasteiger partial charge in [-0.2, -0.15) is 0 Å². The quantitative estimate of drug-likeness (QED) is 0.827. The summed E-state index contributed by atoms with van der Waals surface area (Å²) in [4.78, 5) is 11.4. The van der Waals surface area contributed by atoms with Crippen molar-refractivity contribution in [3.63, 3.8) is 0 Å². The Kier molecular flexibility index (Phi) is 5.15. The van der Waals surface area contributed by atoms with E-state index >= 15 is 0 Å². The predicted molar refractivity (Wildman–Crippen MR) is 59.4 cm³/mol. The van der Waals surface area contributed by atoms with Gasteiger partial charge in [-0.25, -0.2) is 0 Å². The Balaban J connectivity index is 2.79. The van der Waals surface area contributed by atoms with Crippen molar-refractivity contribution in [2.75, 3.05) is 0 Å². The van der Waals surface area contributed by atoms with E-state index in [1.807, 2.05) is 0 Å². The van der Waals surface area contributed by atoms with Crippen LogP contribution in [-0.2, 0) is 9.53 Å². The fourth-order valence-corrected chi connectivity index (χ4v) is 1.39. The summed E-state index contributed by atoms with van der Waals surface area (Å²) in [5, 5.41) is 2.21. The molecule has 6 heteroatoms. The zero-order valence-corrected chi connectivity index (χ0v) is 9.83. The van der Waals surface area contributed by atoms with Gasteiger partial charge in [0.15, 0.2) is 6.23 Å². The van der Waals surface area contributed by atoms with Gasteiger partial charge in [-0.3, -0.25) is 9.53 Å². The average Bonchev–Trinajstić information content (AvgIpc) is 2.28. The highest BCUT2D eigenvalue weighted by molar-refractivity contribution is 5.76. The molecule has 0 aliphatic heterocycles. The normalized spacial score (nSPS) is 13.1. The van der Waals surface area contributed by atoms with Gasteiger partial charge in [0, 0.05) is 12.0 Å². The summed E-state index contributed by atoms with van der Waals surface area (Å²) in [6.07, 6.45) is -5.60. The highest BCUT2D eigenvalue weighted by Gasteiger charge is 2.34. The van der Waals surface area contributed by atoms with E-state index in [2.05, 4.69) is 10.1 Å². The van der Waals surface area contributed by atoms with Crippen LogP contribution in [0.3, 0.4) is 0 Å². The summed E-state index contributed by atoms with van der Waals surface area (Å²) in [5.74, 6) is -0.476. The van der Waals surface area contributed by atoms with Crippen LogP contribution >= 0.6 is 0 Å². The molecule has 0 saturated carbocycles. The monoisotopic (exact) mass is 261 g/mol. The number of alkyl halides is 3. The van der Waals surface area contributed by atoms with E-state index in [1.54, 1.807) is 25.1 Å². The maximum Gasteiger partial charge on any atom is 0.524 e. The Morgan fingerprint density at radius 3 is 2.44 bits per heavy atom. The molecule has 0 heterocycles. The van der Waals surface area contributed by atoms with E-state index in [0.717, 1.165) is 0 Å². The van der Waals surface area contributed by atoms with Crippen LogP contribution in [0.4, 0.5) is 13.2 Å². The standard InChI is InChI=1S/C12H14F3NO2/c1-2-6-10(17)16-11(18-12(13,14)15)9-7-4-3-5-8-9/h3-5,7-8,11H,2,6H2,1H3,(H,16,17). The van der Waals surface area contributed by atoms with Crippen LogP contribution in [0.5, 0.6) is 0 Å². The van der Waals surface area contributed by atoms with Gasteiger partial charge < -0.3 is 5.32 Å². The summed E-state index contributed by atoms with van der Waals surface area (Å²) < 4.78 is 40.7. The number of benzene rings is 1. The van der Waals surface area contributed by atoms with Crippen LogP contribution in [0.15, 0.2) is 30.3 Å². The van der Waals surface area contributed by atoms with Crippen LogP contribution in [0.1, 0.15) is 31.6 Å². The molecule has 0 aliphatic rings. The van der Waals surface area contributed by atoms with Gasteiger partial charge in [0.1, 0.15) is 0 Å². The van der Waals surface area contributed by atoms with Gasteiger partial charge in [-0.05, 0) is 6.42 Å². The van der Waals surface area contributed by atoms with Crippen molar-refractivity contribution in [3.05, 3.63) is 35.9 Å². The second-order valence-corrected chi connectivity index (χ2v) is 3.67. The third kappa shape index (κ3) is 5.18. The van der Waals surface area contributed by atoms with Crippen LogP contribution in [0, 0.1) is 0 Å². The number of hydrogen-bond donors (Lipinski definition) is 1. The zero-order chi connectivity index (χ0) is 13.6. The maximum atomic E-state index is 12.3. The zero-order valence-electron chi connectivity index (χ0n) is 9.83. The number of nitrogens with one attached hydrogen (secondary N) is 1. The Morgan fingerprint density at radius 2 is 1.94 bits per heavy atom. The van der Waals surface area contributed by atoms with E-state index in [-0.39, 0.29) is 12.0 Å². The molecule has 1 N–H and O–H groups in total. The molecule has 0 aliphatic carbocycles. The van der Waals surface area contributed by atoms with E-state index < -0.39 is 18.5 Å². The topological polar surface area (TPSA) is 38.3 Å². The fraction of sp³-hybridized carbons (Fsp3) is 0.417. The van der Waals surface area contributed by atoms with E-state index in [4.69, 9.17) is 0 Å². The molecule has 100 valence electrons. The van der Waals surface area contributed by atoms with Gasteiger partial charge in [-0.1, -0.05) is 37.3 Å². The molecule has 0 fully saturated rings. The van der Waals surface area contributed by atoms with Gasteiger partial charge in [0.05, 0.1) is 0 Å². The minimum Gasteiger partial charge on any atom is -0.327 e. The molecule has 1 aromatic carbocycles. The molecule has 1 aromatic rings. The Bertz CT molecular complexity index is 379. The molecule has 3 nitrogen and oxygen atoms in total. The van der Waals surface area contributed by atoms with E-state index in [9.17, 15) is 18.0 Å². The molecule has 1 rings (SSSR count). The first-order chi connectivity index (χ1) is 8.42. The lowest BCUT2D eigenvalue weighted by Crippen LogP contribution is -2.33. The van der Waals surface area contributed by atoms with Crippen LogP contribution in [-0.4, -0.2) is 12.3 Å². The summed E-state index contributed by atoms with van der Waals surface area (Å²) in [6, 6.07) is 7.75. The second-order valence-electron chi connectivity index (χ2n) is 3.67. The molecule has 0 aromatic heterocycles. The third-order valence-corrected chi connectivity index (χ3v) is 2.12. The average molecular weight is 261 g/mol. The molecule has 1 unspecified atom stereocenters. The summed E-state index contributed by atoms with van der Waals surface area (Å²) in [7, 11) is 0. The first-order valence-electron chi connectivity index (χ1n) is 5.51. The first kappa shape index (κ1) is 14.5. The number of ether oxygens (including phenoxy) is 1. The van der Waals surface area contributed by atoms with E-state index in [1.165, 1.54) is 12.1 Å². The lowest BCUT2D eigenvalue weighted by Gasteiger charge is -2.20. The summed E-state index contributed by atoms with van der Waals surface area (Å²) in [6.45, 7) is 1.77. The number of rotatable bonds is 5. The minimum atomic E-state index is -4.81. The summed E-state index contributed by atoms with van der Waals surface area (Å²) in [5.41, 5.74) is 0.249. The number of carbonyl (C=O) groups is 1. The Hall–Kier alpha value is -1.56. The van der Waals surface area contributed by atoms with Crippen molar-refractivity contribution >= 4 is 5.91 Å². The van der Waals surface area contributed by atoms with Crippen molar-refractivity contribution in [1.82, 2.24) is 5.32 Å². The number of hydrogen-bond acceptors (Lipinski definition) is 2. The number of halogens is 3. The first-order valence-corrected chi connectivity index (χ1v) is 5.51. The number of carbonyl (C=O) groups excluding carboxylic acids is 1. The van der Waals surface area contributed by atoms with Crippen molar-refractivity contribution in [2.45, 2.75) is 32.4 Å². The van der Waals surface area contributed by atoms with Crippen molar-refractivity contribution in [2.24, 2.45) is 0 Å². The molecular formula is C12H14F3NO2. The molecule has 0 spiro atoms. The summed E-state index contributed by atoms with van der Waals surface area (Å²) >= 11 is 0. The highest BCUT2D eigenvalue weighted by Crippen LogP contribution is 2.26. The van der Waals surface area contributed by atoms with Crippen molar-refractivity contribution < 1.29 is 22.7 Å². The molecule has 0 bridgehead atoms. The lowest BCUT2D eigenvalue weighted by molar-refractivity contribution is -0.347. The lowest BCUT2D eigenvalue weighted by atomic mass is 10.2. The van der Waals surface area contributed by atoms with Gasteiger partial charge >= 0.3 is 6.36 Å². The second kappa shape index (κ2) is 6.39. The van der Waals surface area contributed by atoms with E-state index in [0.29, 0.717) is 6.42 Å². The van der Waals surface area contributed by atoms with Gasteiger partial charge in [0.25, 0.3) is 0 Å². The number of amides is 1. The third-order valence-electron chi connectivity index (χ3n) is 2.12. The van der Waals surface area contributed by atoms with Crippen LogP contribution < -0.4 is 5.32 Å². The van der Waals surface area contributed by atoms with Crippen LogP contribution in [0.25, 0.3) is 0 Å². The molecule has 18 heavy (non-hydrogen) atoms.